The third-order valence-electron chi connectivity index (χ3n) is 3.33. The Bertz CT molecular complexity index is 706. The van der Waals surface area contributed by atoms with E-state index in [1.807, 2.05) is 19.9 Å². The quantitative estimate of drug-likeness (QED) is 0.657. The van der Waals surface area contributed by atoms with Gasteiger partial charge in [0, 0.05) is 21.4 Å². The van der Waals surface area contributed by atoms with E-state index in [9.17, 15) is 4.79 Å². The lowest BCUT2D eigenvalue weighted by atomic mass is 9.95. The van der Waals surface area contributed by atoms with E-state index in [1.54, 1.807) is 25.3 Å². The average molecular weight is 349 g/mol. The van der Waals surface area contributed by atoms with Gasteiger partial charge in [0.05, 0.1) is 12.7 Å². The highest BCUT2D eigenvalue weighted by Gasteiger charge is 2.21. The minimum Gasteiger partial charge on any atom is -0.496 e. The summed E-state index contributed by atoms with van der Waals surface area (Å²) in [6, 6.07) is 6.79. The predicted octanol–water partition coefficient (Wildman–Crippen LogP) is 3.47. The largest absolute Gasteiger partial charge is 0.496 e. The van der Waals surface area contributed by atoms with Crippen LogP contribution in [0.5, 0.6) is 5.75 Å². The number of benzene rings is 2. The molecule has 0 amide bonds. The molecule has 0 aliphatic heterocycles. The van der Waals surface area contributed by atoms with Gasteiger partial charge in [-0.3, -0.25) is 4.79 Å². The number of nitrogens with two attached hydrogens (primary N) is 2. The lowest BCUT2D eigenvalue weighted by Crippen LogP contribution is -2.09. The van der Waals surface area contributed by atoms with Gasteiger partial charge in [0.1, 0.15) is 5.75 Å². The van der Waals surface area contributed by atoms with Gasteiger partial charge in [-0.05, 0) is 49.2 Å². The average Bonchev–Trinajstić information content (AvgIpc) is 2.40. The Kier molecular flexibility index (Phi) is 4.23. The monoisotopic (exact) mass is 348 g/mol. The summed E-state index contributed by atoms with van der Waals surface area (Å²) >= 11 is 3.47. The van der Waals surface area contributed by atoms with Gasteiger partial charge < -0.3 is 16.2 Å². The Morgan fingerprint density at radius 1 is 1.10 bits per heavy atom. The van der Waals surface area contributed by atoms with Crippen molar-refractivity contribution in [1.29, 1.82) is 0 Å². The summed E-state index contributed by atoms with van der Waals surface area (Å²) in [7, 11) is 1.56. The second-order valence-corrected chi connectivity index (χ2v) is 5.78. The number of nitrogen functional groups attached to an aromatic ring is 2. The lowest BCUT2D eigenvalue weighted by molar-refractivity contribution is 0.103. The van der Waals surface area contributed by atoms with E-state index < -0.39 is 0 Å². The van der Waals surface area contributed by atoms with Gasteiger partial charge in [0.15, 0.2) is 5.78 Å². The van der Waals surface area contributed by atoms with Crippen LogP contribution in [0.4, 0.5) is 11.4 Å². The van der Waals surface area contributed by atoms with Crippen molar-refractivity contribution >= 4 is 33.1 Å². The van der Waals surface area contributed by atoms with Gasteiger partial charge in [-0.15, -0.1) is 0 Å². The molecular formula is C16H17BrN2O2. The second-order valence-electron chi connectivity index (χ2n) is 4.93. The van der Waals surface area contributed by atoms with Crippen LogP contribution >= 0.6 is 15.9 Å². The van der Waals surface area contributed by atoms with Gasteiger partial charge >= 0.3 is 0 Å². The number of aryl methyl sites for hydroxylation is 1. The number of ether oxygens (including phenoxy) is 1. The van der Waals surface area contributed by atoms with E-state index in [-0.39, 0.29) is 5.78 Å². The molecule has 2 aromatic rings. The van der Waals surface area contributed by atoms with Crippen molar-refractivity contribution < 1.29 is 9.53 Å². The van der Waals surface area contributed by atoms with E-state index in [0.717, 1.165) is 15.6 Å². The molecule has 0 fully saturated rings. The van der Waals surface area contributed by atoms with Crippen molar-refractivity contribution in [1.82, 2.24) is 0 Å². The number of halogens is 1. The summed E-state index contributed by atoms with van der Waals surface area (Å²) in [6.45, 7) is 3.77. The lowest BCUT2D eigenvalue weighted by Gasteiger charge is -2.15. The first-order valence-electron chi connectivity index (χ1n) is 6.39. The number of anilines is 2. The van der Waals surface area contributed by atoms with E-state index in [4.69, 9.17) is 16.2 Å². The first-order chi connectivity index (χ1) is 9.85. The Morgan fingerprint density at radius 3 is 2.19 bits per heavy atom. The molecule has 0 spiro atoms. The molecular weight excluding hydrogens is 332 g/mol. The molecule has 0 radical (unpaired) electrons. The fourth-order valence-corrected chi connectivity index (χ4v) is 2.88. The number of hydrogen-bond acceptors (Lipinski definition) is 4. The standard InChI is InChI=1S/C16H17BrN2O2/c1-8-4-13(17)9(2)14(16(8)21-3)15(20)10-5-11(18)7-12(19)6-10/h4-7H,18-19H2,1-3H3. The van der Waals surface area contributed by atoms with Gasteiger partial charge in [-0.2, -0.15) is 0 Å². The fourth-order valence-electron chi connectivity index (χ4n) is 2.34. The molecule has 0 bridgehead atoms. The van der Waals surface area contributed by atoms with E-state index in [1.165, 1.54) is 0 Å². The zero-order valence-corrected chi connectivity index (χ0v) is 13.7. The van der Waals surface area contributed by atoms with Crippen LogP contribution in [0.1, 0.15) is 27.0 Å². The summed E-state index contributed by atoms with van der Waals surface area (Å²) in [5.41, 5.74) is 15.1. The molecule has 5 heteroatoms. The Morgan fingerprint density at radius 2 is 1.67 bits per heavy atom. The van der Waals surface area contributed by atoms with Crippen molar-refractivity contribution in [2.24, 2.45) is 0 Å². The number of methoxy groups -OCH3 is 1. The van der Waals surface area contributed by atoms with Crippen LogP contribution in [0.25, 0.3) is 0 Å². The van der Waals surface area contributed by atoms with Crippen LogP contribution in [-0.4, -0.2) is 12.9 Å². The zero-order chi connectivity index (χ0) is 15.7. The van der Waals surface area contributed by atoms with Gasteiger partial charge in [-0.25, -0.2) is 0 Å². The molecule has 4 nitrogen and oxygen atoms in total. The number of carbonyl (C=O) groups excluding carboxylic acids is 1. The molecule has 2 aromatic carbocycles. The maximum Gasteiger partial charge on any atom is 0.197 e. The minimum atomic E-state index is -0.159. The number of carbonyl (C=O) groups is 1. The van der Waals surface area contributed by atoms with Crippen LogP contribution in [0, 0.1) is 13.8 Å². The smallest absolute Gasteiger partial charge is 0.197 e. The summed E-state index contributed by atoms with van der Waals surface area (Å²) < 4.78 is 6.27. The van der Waals surface area contributed by atoms with Crippen molar-refractivity contribution in [3.05, 3.63) is 51.0 Å². The van der Waals surface area contributed by atoms with E-state index in [0.29, 0.717) is 28.3 Å². The molecule has 21 heavy (non-hydrogen) atoms. The predicted molar refractivity (Wildman–Crippen MR) is 88.9 cm³/mol. The van der Waals surface area contributed by atoms with Gasteiger partial charge in [0.25, 0.3) is 0 Å². The maximum absolute atomic E-state index is 12.8. The van der Waals surface area contributed by atoms with Crippen molar-refractivity contribution in [2.45, 2.75) is 13.8 Å². The van der Waals surface area contributed by atoms with Crippen LogP contribution < -0.4 is 16.2 Å². The van der Waals surface area contributed by atoms with Gasteiger partial charge in [0.2, 0.25) is 0 Å². The Hall–Kier alpha value is -2.01. The Balaban J connectivity index is 2.68. The van der Waals surface area contributed by atoms with Crippen LogP contribution in [0.15, 0.2) is 28.7 Å². The topological polar surface area (TPSA) is 78.3 Å². The third kappa shape index (κ3) is 2.88. The molecule has 110 valence electrons. The SMILES string of the molecule is COc1c(C)cc(Br)c(C)c1C(=O)c1cc(N)cc(N)c1. The van der Waals surface area contributed by atoms with Crippen molar-refractivity contribution in [3.63, 3.8) is 0 Å². The third-order valence-corrected chi connectivity index (χ3v) is 4.16. The van der Waals surface area contributed by atoms with Crippen molar-refractivity contribution in [3.8, 4) is 5.75 Å². The highest BCUT2D eigenvalue weighted by atomic mass is 79.9. The normalized spacial score (nSPS) is 10.5. The molecule has 0 aliphatic carbocycles. The van der Waals surface area contributed by atoms with E-state index in [2.05, 4.69) is 15.9 Å². The molecule has 0 aliphatic rings. The first-order valence-corrected chi connectivity index (χ1v) is 7.19. The van der Waals surface area contributed by atoms with E-state index >= 15 is 0 Å². The zero-order valence-electron chi connectivity index (χ0n) is 12.2. The maximum atomic E-state index is 12.8. The number of ketones is 1. The summed E-state index contributed by atoms with van der Waals surface area (Å²) in [6.07, 6.45) is 0. The van der Waals surface area contributed by atoms with Gasteiger partial charge in [-0.1, -0.05) is 15.9 Å². The molecule has 4 N–H and O–H groups in total. The minimum absolute atomic E-state index is 0.159. The highest BCUT2D eigenvalue weighted by molar-refractivity contribution is 9.10. The molecule has 0 saturated heterocycles. The summed E-state index contributed by atoms with van der Waals surface area (Å²) in [4.78, 5) is 12.8. The molecule has 0 heterocycles. The summed E-state index contributed by atoms with van der Waals surface area (Å²) in [5, 5.41) is 0. The second kappa shape index (κ2) is 5.77. The van der Waals surface area contributed by atoms with Crippen LogP contribution in [0.2, 0.25) is 0 Å². The molecule has 0 saturated carbocycles. The molecule has 0 aromatic heterocycles. The number of hydrogen-bond donors (Lipinski definition) is 2. The fraction of sp³-hybridized carbons (Fsp3) is 0.188. The first kappa shape index (κ1) is 15.4. The number of rotatable bonds is 3. The van der Waals surface area contributed by atoms with Crippen molar-refractivity contribution in [2.75, 3.05) is 18.6 Å². The molecule has 0 unspecified atom stereocenters. The molecule has 0 atom stereocenters. The van der Waals surface area contributed by atoms with Crippen LogP contribution in [-0.2, 0) is 0 Å². The summed E-state index contributed by atoms with van der Waals surface area (Å²) in [5.74, 6) is 0.412. The van der Waals surface area contributed by atoms with Crippen LogP contribution in [0.3, 0.4) is 0 Å². The Labute approximate surface area is 132 Å². The molecule has 2 rings (SSSR count). The highest BCUT2D eigenvalue weighted by Crippen LogP contribution is 2.34.